The molecule has 160 valence electrons. The van der Waals surface area contributed by atoms with Gasteiger partial charge in [-0.15, -0.1) is 0 Å². The Labute approximate surface area is 176 Å². The molecule has 0 saturated heterocycles. The van der Waals surface area contributed by atoms with E-state index in [2.05, 4.69) is 24.1 Å². The minimum Gasteiger partial charge on any atom is -0.496 e. The van der Waals surface area contributed by atoms with Gasteiger partial charge in [-0.05, 0) is 18.9 Å². The summed E-state index contributed by atoms with van der Waals surface area (Å²) in [5, 5.41) is 4.15. The Balaban J connectivity index is 2.31. The molecule has 2 aromatic heterocycles. The van der Waals surface area contributed by atoms with Crippen LogP contribution in [-0.4, -0.2) is 49.4 Å². The van der Waals surface area contributed by atoms with Gasteiger partial charge in [0.2, 0.25) is 0 Å². The fraction of sp³-hybridized carbons (Fsp3) is 0.409. The Morgan fingerprint density at radius 1 is 0.967 bits per heavy atom. The number of aromatic nitrogens is 3. The van der Waals surface area contributed by atoms with E-state index in [0.717, 1.165) is 46.4 Å². The Hall–Kier alpha value is -3.13. The molecule has 8 heteroatoms. The van der Waals surface area contributed by atoms with Crippen molar-refractivity contribution in [1.82, 2.24) is 15.0 Å². The summed E-state index contributed by atoms with van der Waals surface area (Å²) in [4.78, 5) is 13.9. The van der Waals surface area contributed by atoms with Crippen molar-refractivity contribution in [2.75, 3.05) is 45.5 Å². The highest BCUT2D eigenvalue weighted by Crippen LogP contribution is 2.40. The predicted octanol–water partition coefficient (Wildman–Crippen LogP) is 3.47. The lowest BCUT2D eigenvalue weighted by Crippen LogP contribution is -2.11. The smallest absolute Gasteiger partial charge is 0.163 e. The molecule has 0 fully saturated rings. The molecule has 0 bridgehead atoms. The van der Waals surface area contributed by atoms with E-state index in [4.69, 9.17) is 29.9 Å². The van der Waals surface area contributed by atoms with Crippen molar-refractivity contribution >= 4 is 22.5 Å². The number of methoxy groups -OCH3 is 3. The van der Waals surface area contributed by atoms with Gasteiger partial charge < -0.3 is 25.3 Å². The number of ether oxygens (including phenoxy) is 3. The Morgan fingerprint density at radius 2 is 1.63 bits per heavy atom. The minimum absolute atomic E-state index is 0.417. The average molecular weight is 412 g/mol. The zero-order valence-electron chi connectivity index (χ0n) is 18.2. The Bertz CT molecular complexity index is 1010. The third kappa shape index (κ3) is 4.09. The lowest BCUT2D eigenvalue weighted by Gasteiger charge is -2.20. The maximum Gasteiger partial charge on any atom is 0.163 e. The molecular formula is C22H29N5O3. The fourth-order valence-corrected chi connectivity index (χ4v) is 3.62. The summed E-state index contributed by atoms with van der Waals surface area (Å²) in [7, 11) is 4.99. The van der Waals surface area contributed by atoms with E-state index >= 15 is 0 Å². The number of nitrogens with two attached hydrogens (primary N) is 1. The van der Waals surface area contributed by atoms with Gasteiger partial charge in [0.05, 0.1) is 32.5 Å². The van der Waals surface area contributed by atoms with Crippen LogP contribution in [0.5, 0.6) is 11.5 Å². The SMILES string of the molecule is CCc1c(OC)cc(OC)c(CC)c1-c1nc(NCCOC)c2cc(N)ncc2n1. The second-order valence-corrected chi connectivity index (χ2v) is 6.76. The molecule has 0 aliphatic heterocycles. The van der Waals surface area contributed by atoms with Crippen molar-refractivity contribution in [1.29, 1.82) is 0 Å². The minimum atomic E-state index is 0.417. The van der Waals surface area contributed by atoms with E-state index in [9.17, 15) is 0 Å². The third-order valence-corrected chi connectivity index (χ3v) is 5.03. The molecule has 2 heterocycles. The van der Waals surface area contributed by atoms with Crippen LogP contribution in [0.1, 0.15) is 25.0 Å². The van der Waals surface area contributed by atoms with Gasteiger partial charge in [0.1, 0.15) is 23.1 Å². The quantitative estimate of drug-likeness (QED) is 0.516. The largest absolute Gasteiger partial charge is 0.496 e. The van der Waals surface area contributed by atoms with E-state index < -0.39 is 0 Å². The van der Waals surface area contributed by atoms with Gasteiger partial charge >= 0.3 is 0 Å². The van der Waals surface area contributed by atoms with Crippen LogP contribution in [0.2, 0.25) is 0 Å². The van der Waals surface area contributed by atoms with E-state index in [1.807, 2.05) is 6.07 Å². The molecule has 0 amide bonds. The van der Waals surface area contributed by atoms with Crippen molar-refractivity contribution in [3.8, 4) is 22.9 Å². The first kappa shape index (κ1) is 21.6. The van der Waals surface area contributed by atoms with Crippen molar-refractivity contribution < 1.29 is 14.2 Å². The summed E-state index contributed by atoms with van der Waals surface area (Å²) in [6.45, 7) is 5.34. The highest BCUT2D eigenvalue weighted by atomic mass is 16.5. The Morgan fingerprint density at radius 3 is 2.20 bits per heavy atom. The van der Waals surface area contributed by atoms with Crippen LogP contribution in [0.15, 0.2) is 18.3 Å². The van der Waals surface area contributed by atoms with Gasteiger partial charge in [0.15, 0.2) is 5.82 Å². The van der Waals surface area contributed by atoms with Gasteiger partial charge in [0, 0.05) is 41.8 Å². The van der Waals surface area contributed by atoms with Gasteiger partial charge in [-0.2, -0.15) is 0 Å². The third-order valence-electron chi connectivity index (χ3n) is 5.03. The average Bonchev–Trinajstić information content (AvgIpc) is 2.77. The van der Waals surface area contributed by atoms with Crippen LogP contribution in [-0.2, 0) is 17.6 Å². The van der Waals surface area contributed by atoms with E-state index in [-0.39, 0.29) is 0 Å². The van der Waals surface area contributed by atoms with Crippen molar-refractivity contribution in [3.05, 3.63) is 29.5 Å². The van der Waals surface area contributed by atoms with E-state index in [1.165, 1.54) is 0 Å². The van der Waals surface area contributed by atoms with E-state index in [0.29, 0.717) is 36.1 Å². The van der Waals surface area contributed by atoms with Gasteiger partial charge in [-0.1, -0.05) is 13.8 Å². The summed E-state index contributed by atoms with van der Waals surface area (Å²) < 4.78 is 16.5. The monoisotopic (exact) mass is 411 g/mol. The summed E-state index contributed by atoms with van der Waals surface area (Å²) in [5.41, 5.74) is 9.64. The van der Waals surface area contributed by atoms with Crippen LogP contribution in [0.4, 0.5) is 11.6 Å². The van der Waals surface area contributed by atoms with Crippen molar-refractivity contribution in [2.45, 2.75) is 26.7 Å². The molecule has 0 aliphatic rings. The normalized spacial score (nSPS) is 11.0. The number of anilines is 2. The zero-order chi connectivity index (χ0) is 21.7. The van der Waals surface area contributed by atoms with Gasteiger partial charge in [-0.3, -0.25) is 0 Å². The molecule has 0 radical (unpaired) electrons. The number of nitrogen functional groups attached to an aromatic ring is 1. The van der Waals surface area contributed by atoms with Crippen molar-refractivity contribution in [2.24, 2.45) is 0 Å². The second-order valence-electron chi connectivity index (χ2n) is 6.76. The van der Waals surface area contributed by atoms with E-state index in [1.54, 1.807) is 33.6 Å². The molecule has 30 heavy (non-hydrogen) atoms. The zero-order valence-corrected chi connectivity index (χ0v) is 18.2. The molecule has 3 rings (SSSR count). The topological polar surface area (TPSA) is 104 Å². The van der Waals surface area contributed by atoms with Crippen LogP contribution in [0.25, 0.3) is 22.3 Å². The number of hydrogen-bond donors (Lipinski definition) is 2. The number of rotatable bonds is 9. The van der Waals surface area contributed by atoms with Crippen molar-refractivity contribution in [3.63, 3.8) is 0 Å². The number of nitrogens with zero attached hydrogens (tertiary/aromatic N) is 3. The van der Waals surface area contributed by atoms with Gasteiger partial charge in [-0.25, -0.2) is 15.0 Å². The molecule has 8 nitrogen and oxygen atoms in total. The van der Waals surface area contributed by atoms with Crippen LogP contribution in [0.3, 0.4) is 0 Å². The maximum atomic E-state index is 5.91. The molecule has 3 aromatic rings. The number of pyridine rings is 1. The lowest BCUT2D eigenvalue weighted by atomic mass is 9.94. The number of hydrogen-bond acceptors (Lipinski definition) is 8. The molecule has 0 saturated carbocycles. The lowest BCUT2D eigenvalue weighted by molar-refractivity contribution is 0.210. The highest BCUT2D eigenvalue weighted by molar-refractivity contribution is 5.92. The first-order valence-corrected chi connectivity index (χ1v) is 10.0. The first-order chi connectivity index (χ1) is 14.6. The molecule has 1 aromatic carbocycles. The molecular weight excluding hydrogens is 382 g/mol. The molecule has 0 aliphatic carbocycles. The fourth-order valence-electron chi connectivity index (χ4n) is 3.62. The second kappa shape index (κ2) is 9.58. The number of benzene rings is 1. The predicted molar refractivity (Wildman–Crippen MR) is 119 cm³/mol. The van der Waals surface area contributed by atoms with Gasteiger partial charge in [0.25, 0.3) is 0 Å². The van der Waals surface area contributed by atoms with Crippen LogP contribution in [0, 0.1) is 0 Å². The first-order valence-electron chi connectivity index (χ1n) is 10.0. The summed E-state index contributed by atoms with van der Waals surface area (Å²) in [6, 6.07) is 3.71. The van der Waals surface area contributed by atoms with Crippen LogP contribution >= 0.6 is 0 Å². The number of nitrogens with one attached hydrogen (secondary N) is 1. The van der Waals surface area contributed by atoms with Crippen LogP contribution < -0.4 is 20.5 Å². The summed E-state index contributed by atoms with van der Waals surface area (Å²) in [6.07, 6.45) is 3.21. The summed E-state index contributed by atoms with van der Waals surface area (Å²) in [5.74, 6) is 3.22. The number of fused-ring (bicyclic) bond motifs is 1. The highest BCUT2D eigenvalue weighted by Gasteiger charge is 2.22. The summed E-state index contributed by atoms with van der Waals surface area (Å²) >= 11 is 0. The maximum absolute atomic E-state index is 5.91. The molecule has 0 spiro atoms. The standard InChI is InChI=1S/C22H29N5O3/c1-6-13-17(29-4)11-18(30-5)14(7-2)20(13)22-26-16-12-25-19(23)10-15(16)21(27-22)24-8-9-28-3/h10-12H,6-9H2,1-5H3,(H2,23,25)(H,24,26,27). The molecule has 0 unspecified atom stereocenters. The molecule has 3 N–H and O–H groups in total. The Kier molecular flexibility index (Phi) is 6.89. The molecule has 0 atom stereocenters.